The van der Waals surface area contributed by atoms with Gasteiger partial charge in [0.1, 0.15) is 11.4 Å². The summed E-state index contributed by atoms with van der Waals surface area (Å²) in [5, 5.41) is 13.9. The van der Waals surface area contributed by atoms with Gasteiger partial charge >= 0.3 is 0 Å². The summed E-state index contributed by atoms with van der Waals surface area (Å²) in [6.07, 6.45) is 2.42. The highest BCUT2D eigenvalue weighted by molar-refractivity contribution is 7.13. The summed E-state index contributed by atoms with van der Waals surface area (Å²) in [6, 6.07) is 16.0. The Labute approximate surface area is 180 Å². The molecule has 0 unspecified atom stereocenters. The van der Waals surface area contributed by atoms with Crippen molar-refractivity contribution in [2.45, 2.75) is 19.3 Å². The third-order valence-corrected chi connectivity index (χ3v) is 6.39. The van der Waals surface area contributed by atoms with Gasteiger partial charge in [-0.15, -0.1) is 21.5 Å². The van der Waals surface area contributed by atoms with Gasteiger partial charge in [-0.1, -0.05) is 24.3 Å². The molecule has 156 valence electrons. The first kappa shape index (κ1) is 20.3. The third-order valence-electron chi connectivity index (χ3n) is 5.50. The second kappa shape index (κ2) is 9.71. The first-order valence-electron chi connectivity index (χ1n) is 10.3. The molecule has 0 spiro atoms. The molecule has 3 heterocycles. The van der Waals surface area contributed by atoms with E-state index in [9.17, 15) is 4.79 Å². The van der Waals surface area contributed by atoms with E-state index in [4.69, 9.17) is 4.74 Å². The number of nitrogens with zero attached hydrogens (tertiary/aromatic N) is 3. The van der Waals surface area contributed by atoms with E-state index >= 15 is 0 Å². The van der Waals surface area contributed by atoms with Crippen molar-refractivity contribution in [1.29, 1.82) is 0 Å². The number of para-hydroxylation sites is 1. The van der Waals surface area contributed by atoms with Gasteiger partial charge in [0.25, 0.3) is 0 Å². The largest absolute Gasteiger partial charge is 0.496 e. The van der Waals surface area contributed by atoms with E-state index in [0.717, 1.165) is 60.1 Å². The molecule has 0 radical (unpaired) electrons. The van der Waals surface area contributed by atoms with Crippen LogP contribution >= 0.6 is 11.3 Å². The second-order valence-electron chi connectivity index (χ2n) is 7.37. The van der Waals surface area contributed by atoms with Crippen molar-refractivity contribution < 1.29 is 9.53 Å². The molecule has 1 aromatic carbocycles. The fourth-order valence-electron chi connectivity index (χ4n) is 3.79. The maximum absolute atomic E-state index is 12.6. The molecule has 1 aliphatic rings. The Balaban J connectivity index is 1.24. The van der Waals surface area contributed by atoms with Crippen LogP contribution in [-0.2, 0) is 11.2 Å². The van der Waals surface area contributed by atoms with E-state index < -0.39 is 0 Å². The lowest BCUT2D eigenvalue weighted by molar-refractivity contribution is -0.125. The molecule has 0 atom stereocenters. The van der Waals surface area contributed by atoms with E-state index in [0.29, 0.717) is 6.54 Å². The number of ether oxygens (including phenoxy) is 1. The SMILES string of the molecule is COc1ccccc1CCNC(=O)C1CCN(c2ccc(-c3cccs3)nn2)CC1. The van der Waals surface area contributed by atoms with Gasteiger partial charge in [-0.05, 0) is 54.5 Å². The number of nitrogens with one attached hydrogen (secondary N) is 1. The van der Waals surface area contributed by atoms with Crippen molar-refractivity contribution in [3.63, 3.8) is 0 Å². The normalized spacial score (nSPS) is 14.5. The number of amides is 1. The molecular weight excluding hydrogens is 396 g/mol. The lowest BCUT2D eigenvalue weighted by Gasteiger charge is -2.31. The smallest absolute Gasteiger partial charge is 0.223 e. The number of benzene rings is 1. The maximum Gasteiger partial charge on any atom is 0.223 e. The monoisotopic (exact) mass is 422 g/mol. The quantitative estimate of drug-likeness (QED) is 0.627. The molecular formula is C23H26N4O2S. The number of rotatable bonds is 7. The van der Waals surface area contributed by atoms with E-state index in [2.05, 4.69) is 20.4 Å². The zero-order valence-corrected chi connectivity index (χ0v) is 17.9. The first-order valence-corrected chi connectivity index (χ1v) is 11.1. The number of hydrogen-bond donors (Lipinski definition) is 1. The van der Waals surface area contributed by atoms with Crippen LogP contribution in [0.15, 0.2) is 53.9 Å². The number of piperidine rings is 1. The molecule has 1 N–H and O–H groups in total. The minimum atomic E-state index is 0.0530. The van der Waals surface area contributed by atoms with E-state index in [1.165, 1.54) is 0 Å². The van der Waals surface area contributed by atoms with Crippen LogP contribution in [0.2, 0.25) is 0 Å². The lowest BCUT2D eigenvalue weighted by Crippen LogP contribution is -2.41. The highest BCUT2D eigenvalue weighted by atomic mass is 32.1. The predicted octanol–water partition coefficient (Wildman–Crippen LogP) is 3.79. The van der Waals surface area contributed by atoms with Gasteiger partial charge in [0, 0.05) is 25.6 Å². The Morgan fingerprint density at radius 2 is 1.97 bits per heavy atom. The van der Waals surface area contributed by atoms with Gasteiger partial charge in [-0.3, -0.25) is 4.79 Å². The summed E-state index contributed by atoms with van der Waals surface area (Å²) >= 11 is 1.66. The second-order valence-corrected chi connectivity index (χ2v) is 8.32. The van der Waals surface area contributed by atoms with Gasteiger partial charge in [-0.2, -0.15) is 0 Å². The summed E-state index contributed by atoms with van der Waals surface area (Å²) in [5.41, 5.74) is 2.01. The Bertz CT molecular complexity index is 952. The first-order chi connectivity index (χ1) is 14.7. The Morgan fingerprint density at radius 1 is 1.13 bits per heavy atom. The van der Waals surface area contributed by atoms with Crippen LogP contribution in [0.3, 0.4) is 0 Å². The molecule has 2 aromatic heterocycles. The van der Waals surface area contributed by atoms with Gasteiger partial charge in [-0.25, -0.2) is 0 Å². The van der Waals surface area contributed by atoms with Crippen molar-refractivity contribution in [2.75, 3.05) is 31.6 Å². The average molecular weight is 423 g/mol. The third kappa shape index (κ3) is 4.79. The van der Waals surface area contributed by atoms with E-state index in [-0.39, 0.29) is 11.8 Å². The summed E-state index contributed by atoms with van der Waals surface area (Å²) in [7, 11) is 1.67. The van der Waals surface area contributed by atoms with Crippen LogP contribution in [0.5, 0.6) is 5.75 Å². The van der Waals surface area contributed by atoms with Gasteiger partial charge in [0.15, 0.2) is 5.82 Å². The van der Waals surface area contributed by atoms with Crippen LogP contribution < -0.4 is 15.0 Å². The van der Waals surface area contributed by atoms with Crippen LogP contribution in [0.4, 0.5) is 5.82 Å². The predicted molar refractivity (Wildman–Crippen MR) is 120 cm³/mol. The molecule has 6 nitrogen and oxygen atoms in total. The molecule has 4 rings (SSSR count). The Kier molecular flexibility index (Phi) is 6.59. The molecule has 1 aliphatic heterocycles. The van der Waals surface area contributed by atoms with Crippen LogP contribution in [-0.4, -0.2) is 42.8 Å². The van der Waals surface area contributed by atoms with Crippen molar-refractivity contribution in [3.05, 3.63) is 59.5 Å². The van der Waals surface area contributed by atoms with E-state index in [1.54, 1.807) is 18.4 Å². The maximum atomic E-state index is 12.6. The summed E-state index contributed by atoms with van der Waals surface area (Å²) < 4.78 is 5.37. The fraction of sp³-hybridized carbons (Fsp3) is 0.348. The molecule has 1 saturated heterocycles. The fourth-order valence-corrected chi connectivity index (χ4v) is 4.49. The molecule has 3 aromatic rings. The van der Waals surface area contributed by atoms with Crippen molar-refractivity contribution in [3.8, 4) is 16.3 Å². The lowest BCUT2D eigenvalue weighted by atomic mass is 9.96. The number of carbonyl (C=O) groups is 1. The van der Waals surface area contributed by atoms with Crippen molar-refractivity contribution >= 4 is 23.1 Å². The van der Waals surface area contributed by atoms with Crippen molar-refractivity contribution in [2.24, 2.45) is 5.92 Å². The minimum absolute atomic E-state index is 0.0530. The van der Waals surface area contributed by atoms with Gasteiger partial charge < -0.3 is 15.0 Å². The average Bonchev–Trinajstić information content (AvgIpc) is 3.35. The van der Waals surface area contributed by atoms with Gasteiger partial charge in [0.05, 0.1) is 12.0 Å². The minimum Gasteiger partial charge on any atom is -0.496 e. The number of aromatic nitrogens is 2. The number of hydrogen-bond acceptors (Lipinski definition) is 6. The van der Waals surface area contributed by atoms with Crippen molar-refractivity contribution in [1.82, 2.24) is 15.5 Å². The number of methoxy groups -OCH3 is 1. The standard InChI is InChI=1S/C23H26N4O2S/c1-29-20-6-3-2-5-17(20)10-13-24-23(28)18-11-14-27(15-12-18)22-9-8-19(25-26-22)21-7-4-16-30-21/h2-9,16,18H,10-15H2,1H3,(H,24,28). The highest BCUT2D eigenvalue weighted by Crippen LogP contribution is 2.25. The molecule has 1 amide bonds. The van der Waals surface area contributed by atoms with E-state index in [1.807, 2.05) is 53.9 Å². The molecule has 0 aliphatic carbocycles. The molecule has 7 heteroatoms. The molecule has 0 bridgehead atoms. The summed E-state index contributed by atoms with van der Waals surface area (Å²) in [6.45, 7) is 2.25. The van der Waals surface area contributed by atoms with Crippen LogP contribution in [0.1, 0.15) is 18.4 Å². The summed E-state index contributed by atoms with van der Waals surface area (Å²) in [5.74, 6) is 1.94. The molecule has 0 saturated carbocycles. The zero-order valence-electron chi connectivity index (χ0n) is 17.1. The van der Waals surface area contributed by atoms with Gasteiger partial charge in [0.2, 0.25) is 5.91 Å². The number of carbonyl (C=O) groups excluding carboxylic acids is 1. The number of thiophene rings is 1. The highest BCUT2D eigenvalue weighted by Gasteiger charge is 2.25. The molecule has 1 fully saturated rings. The number of anilines is 1. The topological polar surface area (TPSA) is 67.3 Å². The Morgan fingerprint density at radius 3 is 2.67 bits per heavy atom. The summed E-state index contributed by atoms with van der Waals surface area (Å²) in [4.78, 5) is 15.9. The molecule has 30 heavy (non-hydrogen) atoms. The van der Waals surface area contributed by atoms with Crippen LogP contribution in [0, 0.1) is 5.92 Å². The zero-order chi connectivity index (χ0) is 20.8. The Hall–Kier alpha value is -2.93. The van der Waals surface area contributed by atoms with Crippen LogP contribution in [0.25, 0.3) is 10.6 Å².